The number of piperazine rings is 2. The van der Waals surface area contributed by atoms with E-state index in [0.717, 1.165) is 85.6 Å². The van der Waals surface area contributed by atoms with Crippen molar-refractivity contribution >= 4 is 91.7 Å². The van der Waals surface area contributed by atoms with E-state index >= 15 is 0 Å². The summed E-state index contributed by atoms with van der Waals surface area (Å²) in [5.41, 5.74) is 13.5. The molecule has 0 saturated carbocycles. The number of carboxylic acids is 2. The molecule has 2 fully saturated rings. The molecule has 464 valence electrons. The number of aromatic nitrogens is 2. The second-order valence-electron chi connectivity index (χ2n) is 21.5. The van der Waals surface area contributed by atoms with Gasteiger partial charge in [-0.2, -0.15) is 0 Å². The van der Waals surface area contributed by atoms with E-state index in [-0.39, 0.29) is 23.6 Å². The molecule has 0 aliphatic carbocycles. The molecular formula is C66H73N11O12. The number of carbonyl (C=O) groups excluding carboxylic acids is 4. The molecule has 2 saturated heterocycles. The molecule has 2 aliphatic rings. The van der Waals surface area contributed by atoms with Crippen LogP contribution in [0.3, 0.4) is 0 Å². The van der Waals surface area contributed by atoms with Crippen molar-refractivity contribution in [1.29, 1.82) is 0 Å². The zero-order chi connectivity index (χ0) is 63.9. The van der Waals surface area contributed by atoms with Gasteiger partial charge in [0.25, 0.3) is 0 Å². The number of aliphatic carboxylic acids is 2. The summed E-state index contributed by atoms with van der Waals surface area (Å²) in [6, 6.07) is 43.0. The molecule has 2 aliphatic heterocycles. The molecule has 0 bridgehead atoms. The lowest BCUT2D eigenvalue weighted by atomic mass is 10.00. The van der Waals surface area contributed by atoms with E-state index in [2.05, 4.69) is 43.7 Å². The monoisotopic (exact) mass is 1210 g/mol. The molecule has 2 amide bonds. The highest BCUT2D eigenvalue weighted by atomic mass is 16.5. The highest BCUT2D eigenvalue weighted by molar-refractivity contribution is 6.23. The van der Waals surface area contributed by atoms with Crippen LogP contribution in [0.1, 0.15) is 49.4 Å². The Bertz CT molecular complexity index is 3620. The van der Waals surface area contributed by atoms with Crippen molar-refractivity contribution in [2.24, 2.45) is 15.7 Å². The van der Waals surface area contributed by atoms with Gasteiger partial charge in [-0.25, -0.2) is 19.6 Å². The van der Waals surface area contributed by atoms with Gasteiger partial charge in [0.05, 0.1) is 78.8 Å². The summed E-state index contributed by atoms with van der Waals surface area (Å²) < 4.78 is 9.67. The van der Waals surface area contributed by atoms with Crippen LogP contribution in [0.4, 0.5) is 22.7 Å². The van der Waals surface area contributed by atoms with Gasteiger partial charge in [-0.3, -0.25) is 29.0 Å². The molecule has 89 heavy (non-hydrogen) atoms. The quantitative estimate of drug-likeness (QED) is 0.0358. The Morgan fingerprint density at radius 1 is 0.528 bits per heavy atom. The average molecular weight is 1210 g/mol. The predicted octanol–water partition coefficient (Wildman–Crippen LogP) is 6.95. The van der Waals surface area contributed by atoms with Crippen LogP contribution in [-0.2, 0) is 28.7 Å². The van der Waals surface area contributed by atoms with Crippen molar-refractivity contribution in [3.63, 3.8) is 0 Å². The van der Waals surface area contributed by atoms with Crippen LogP contribution in [0.2, 0.25) is 0 Å². The summed E-state index contributed by atoms with van der Waals surface area (Å²) in [5, 5.41) is 39.4. The maximum Gasteiger partial charge on any atom is 0.337 e. The molecule has 0 spiro atoms. The summed E-state index contributed by atoms with van der Waals surface area (Å²) >= 11 is 0. The normalized spacial score (nSPS) is 14.6. The van der Waals surface area contributed by atoms with Crippen molar-refractivity contribution < 1.29 is 58.7 Å². The molecule has 23 heteroatoms. The molecule has 0 unspecified atom stereocenters. The number of carbonyl (C=O) groups is 6. The van der Waals surface area contributed by atoms with Gasteiger partial charge in [0.15, 0.2) is 11.8 Å². The molecule has 8 N–H and O–H groups in total. The van der Waals surface area contributed by atoms with Crippen molar-refractivity contribution in [1.82, 2.24) is 29.6 Å². The van der Waals surface area contributed by atoms with Gasteiger partial charge in [0, 0.05) is 111 Å². The summed E-state index contributed by atoms with van der Waals surface area (Å²) in [6.45, 7) is 8.18. The minimum absolute atomic E-state index is 0.0424. The van der Waals surface area contributed by atoms with E-state index < -0.39 is 36.3 Å². The lowest BCUT2D eigenvalue weighted by Crippen LogP contribution is -2.48. The molecule has 1 atom stereocenters. The lowest BCUT2D eigenvalue weighted by Gasteiger charge is -2.32. The summed E-state index contributed by atoms with van der Waals surface area (Å²) in [5.74, 6) is -3.43. The van der Waals surface area contributed by atoms with E-state index in [1.165, 1.54) is 14.2 Å². The predicted molar refractivity (Wildman–Crippen MR) is 342 cm³/mol. The number of methoxy groups -OCH3 is 2. The molecular weight excluding hydrogens is 1140 g/mol. The van der Waals surface area contributed by atoms with Crippen molar-refractivity contribution in [2.75, 3.05) is 118 Å². The number of benzene rings is 6. The third-order valence-corrected chi connectivity index (χ3v) is 15.3. The Kier molecular flexibility index (Phi) is 21.9. The first-order valence-electron chi connectivity index (χ1n) is 28.6. The second kappa shape index (κ2) is 30.0. The van der Waals surface area contributed by atoms with Crippen molar-refractivity contribution in [2.45, 2.75) is 12.5 Å². The number of carboxylic acid groups (broad SMARTS) is 2. The number of hydrogen-bond donors (Lipinski definition) is 7. The molecule has 0 radical (unpaired) electrons. The number of hydrogen-bond acceptors (Lipinski definition) is 17. The molecule has 8 aromatic rings. The number of nitrogens with one attached hydrogen (secondary N) is 2. The van der Waals surface area contributed by atoms with E-state index in [1.54, 1.807) is 60.3 Å². The van der Waals surface area contributed by atoms with Crippen LogP contribution < -0.4 is 15.5 Å². The fourth-order valence-electron chi connectivity index (χ4n) is 9.99. The number of rotatable bonds is 17. The van der Waals surface area contributed by atoms with Gasteiger partial charge < -0.3 is 65.2 Å². The Morgan fingerprint density at radius 2 is 0.888 bits per heavy atom. The number of nitrogens with zero attached hydrogens (tertiary/aromatic N) is 8. The first kappa shape index (κ1) is 64.9. The van der Waals surface area contributed by atoms with Gasteiger partial charge in [-0.15, -0.1) is 0 Å². The Hall–Kier alpha value is -10.0. The van der Waals surface area contributed by atoms with Gasteiger partial charge >= 0.3 is 23.9 Å². The van der Waals surface area contributed by atoms with Crippen LogP contribution in [-0.4, -0.2) is 211 Å². The molecule has 10 rings (SSSR count). The van der Waals surface area contributed by atoms with Crippen LogP contribution >= 0.6 is 0 Å². The number of fused-ring (bicyclic) bond motifs is 2. The van der Waals surface area contributed by atoms with Crippen LogP contribution in [0.5, 0.6) is 11.8 Å². The van der Waals surface area contributed by atoms with E-state index in [9.17, 15) is 39.0 Å². The standard InChI is InChI=1S/2C31H33N5O4.C4H7NO4/c2*1-34-15-17-36(18-16-34)20-27(37)35(2)24-12-10-23(11-13-24)32-29(21-7-5-4-6-8-21)28-25-14-9-22(31(39)40-3)19-26(25)33-30(28)38;5-2(4(8)9)1-3(6)7/h2*4-14,19,33,38H,15-18,20H2,1-3H3;2H,1,5H2,(H,6,7)(H,8,9)/t;;2-/m..0/s1. The third kappa shape index (κ3) is 16.7. The van der Waals surface area contributed by atoms with Crippen LogP contribution in [0.25, 0.3) is 21.8 Å². The van der Waals surface area contributed by atoms with Gasteiger partial charge in [0.1, 0.15) is 6.04 Å². The largest absolute Gasteiger partial charge is 0.494 e. The lowest BCUT2D eigenvalue weighted by molar-refractivity contribution is -0.144. The highest BCUT2D eigenvalue weighted by Gasteiger charge is 2.25. The number of aliphatic imine (C=N–C) groups is 2. The van der Waals surface area contributed by atoms with E-state index in [1.807, 2.05) is 109 Å². The fraction of sp³-hybridized carbons (Fsp3) is 0.273. The Labute approximate surface area is 514 Å². The van der Waals surface area contributed by atoms with Crippen LogP contribution in [0.15, 0.2) is 156 Å². The summed E-state index contributed by atoms with van der Waals surface area (Å²) in [4.78, 5) is 97.6. The SMILES string of the molecule is COC(=O)c1ccc2c(C(=Nc3ccc(N(C)C(=O)CN4CCN(C)CC4)cc3)c3ccccc3)c(O)[nH]c2c1.COC(=O)c1ccc2c(C(=Nc3ccc(N(C)C(=O)CN4CCN(C)CC4)cc3)c3ccccc3)c(O)[nH]c2c1.N[C@@H](CC(=O)O)C(=O)O. The molecule has 4 heterocycles. The minimum Gasteiger partial charge on any atom is -0.494 e. The smallest absolute Gasteiger partial charge is 0.337 e. The fourth-order valence-corrected chi connectivity index (χ4v) is 9.99. The Balaban J connectivity index is 0.000000202. The number of aromatic hydroxyl groups is 2. The van der Waals surface area contributed by atoms with Crippen molar-refractivity contribution in [3.05, 3.63) is 179 Å². The van der Waals surface area contributed by atoms with Crippen molar-refractivity contribution in [3.8, 4) is 11.8 Å². The number of ether oxygens (including phenoxy) is 2. The third-order valence-electron chi connectivity index (χ3n) is 15.3. The highest BCUT2D eigenvalue weighted by Crippen LogP contribution is 2.35. The maximum atomic E-state index is 12.9. The second-order valence-corrected chi connectivity index (χ2v) is 21.5. The molecule has 2 aromatic heterocycles. The average Bonchev–Trinajstić information content (AvgIpc) is 1.74. The zero-order valence-corrected chi connectivity index (χ0v) is 50.4. The van der Waals surface area contributed by atoms with Crippen LogP contribution in [0, 0.1) is 0 Å². The first-order chi connectivity index (χ1) is 42.7. The first-order valence-corrected chi connectivity index (χ1v) is 28.6. The van der Waals surface area contributed by atoms with E-state index in [0.29, 0.717) is 69.2 Å². The number of anilines is 2. The topological polar surface area (TPSA) is 304 Å². The number of H-pyrrole nitrogens is 2. The minimum atomic E-state index is -1.29. The van der Waals surface area contributed by atoms with Gasteiger partial charge in [-0.1, -0.05) is 72.8 Å². The zero-order valence-electron chi connectivity index (χ0n) is 50.4. The number of likely N-dealkylation sites (N-methyl/N-ethyl adjacent to an activating group) is 4. The molecule has 23 nitrogen and oxygen atoms in total. The summed E-state index contributed by atoms with van der Waals surface area (Å²) in [7, 11) is 10.4. The van der Waals surface area contributed by atoms with E-state index in [4.69, 9.17) is 35.4 Å². The molecule has 6 aromatic carbocycles. The summed E-state index contributed by atoms with van der Waals surface area (Å²) in [6.07, 6.45) is -0.532. The number of esters is 2. The number of nitrogens with two attached hydrogens (primary N) is 1. The Morgan fingerprint density at radius 3 is 1.20 bits per heavy atom. The van der Waals surface area contributed by atoms with Gasteiger partial charge in [-0.05, 0) is 86.9 Å². The van der Waals surface area contributed by atoms with Gasteiger partial charge in [0.2, 0.25) is 11.8 Å². The number of aromatic amines is 2. The maximum absolute atomic E-state index is 12.9. The number of amides is 2.